The van der Waals surface area contributed by atoms with Gasteiger partial charge in [-0.2, -0.15) is 13.2 Å². The average molecular weight is 269 g/mol. The molecule has 0 rings (SSSR count). The van der Waals surface area contributed by atoms with Crippen LogP contribution in [0.1, 0.15) is 20.3 Å². The molecule has 0 aliphatic rings. The second kappa shape index (κ2) is 6.06. The van der Waals surface area contributed by atoms with Gasteiger partial charge in [0.15, 0.2) is 0 Å². The van der Waals surface area contributed by atoms with E-state index in [0.29, 0.717) is 4.48 Å². The molecule has 0 saturated heterocycles. The van der Waals surface area contributed by atoms with E-state index < -0.39 is 11.7 Å². The molecule has 0 amide bonds. The van der Waals surface area contributed by atoms with E-state index >= 15 is 0 Å². The number of alkyl halides is 3. The van der Waals surface area contributed by atoms with Crippen molar-refractivity contribution in [2.24, 2.45) is 0 Å². The standard InChI is InChI=1S/C10H12BrF3/c1-3-4-5-6-9(7-8(2)11)10(12,13)14/h4-7H,3H2,1-2H3/b5-4+,8-7+,9-6+. The lowest BCUT2D eigenvalue weighted by Crippen LogP contribution is -2.09. The first-order chi connectivity index (χ1) is 6.38. The predicted molar refractivity (Wildman–Crippen MR) is 56.3 cm³/mol. The summed E-state index contributed by atoms with van der Waals surface area (Å²) in [6, 6.07) is 0. The number of allylic oxidation sites excluding steroid dienone is 6. The van der Waals surface area contributed by atoms with Crippen LogP contribution in [0.2, 0.25) is 0 Å². The number of hydrogen-bond donors (Lipinski definition) is 0. The molecule has 0 nitrogen and oxygen atoms in total. The molecule has 0 saturated carbocycles. The van der Waals surface area contributed by atoms with Crippen molar-refractivity contribution in [3.63, 3.8) is 0 Å². The Kier molecular flexibility index (Phi) is 5.84. The summed E-state index contributed by atoms with van der Waals surface area (Å²) in [4.78, 5) is 0. The maximum absolute atomic E-state index is 12.3. The number of halogens is 4. The Labute approximate surface area is 90.3 Å². The van der Waals surface area contributed by atoms with Crippen LogP contribution in [-0.4, -0.2) is 6.18 Å². The van der Waals surface area contributed by atoms with E-state index in [1.165, 1.54) is 6.08 Å². The van der Waals surface area contributed by atoms with Crippen LogP contribution in [0.15, 0.2) is 34.4 Å². The van der Waals surface area contributed by atoms with Crippen molar-refractivity contribution in [2.45, 2.75) is 26.4 Å². The van der Waals surface area contributed by atoms with Crippen LogP contribution in [0.4, 0.5) is 13.2 Å². The highest BCUT2D eigenvalue weighted by molar-refractivity contribution is 9.11. The van der Waals surface area contributed by atoms with Gasteiger partial charge in [0, 0.05) is 0 Å². The van der Waals surface area contributed by atoms with Gasteiger partial charge in [-0.15, -0.1) is 0 Å². The predicted octanol–water partition coefficient (Wildman–Crippen LogP) is 4.74. The Bertz CT molecular complexity index is 255. The Hall–Kier alpha value is -0.510. The molecule has 0 aliphatic heterocycles. The Morgan fingerprint density at radius 2 is 1.93 bits per heavy atom. The van der Waals surface area contributed by atoms with E-state index in [1.54, 1.807) is 13.0 Å². The van der Waals surface area contributed by atoms with E-state index in [0.717, 1.165) is 18.6 Å². The van der Waals surface area contributed by atoms with Gasteiger partial charge < -0.3 is 0 Å². The third-order valence-corrected chi connectivity index (χ3v) is 1.56. The lowest BCUT2D eigenvalue weighted by molar-refractivity contribution is -0.0882. The fraction of sp³-hybridized carbons (Fsp3) is 0.400. The molecule has 0 aromatic heterocycles. The van der Waals surface area contributed by atoms with Crippen LogP contribution in [0.25, 0.3) is 0 Å². The quantitative estimate of drug-likeness (QED) is 0.649. The SMILES string of the molecule is CC/C=C/C=C(\C=C(/C)Br)C(F)(F)F. The molecule has 0 spiro atoms. The molecule has 0 aromatic rings. The van der Waals surface area contributed by atoms with Crippen molar-refractivity contribution < 1.29 is 13.2 Å². The highest BCUT2D eigenvalue weighted by Crippen LogP contribution is 2.28. The van der Waals surface area contributed by atoms with Gasteiger partial charge in [0.05, 0.1) is 5.57 Å². The van der Waals surface area contributed by atoms with E-state index in [9.17, 15) is 13.2 Å². The molecular weight excluding hydrogens is 257 g/mol. The van der Waals surface area contributed by atoms with E-state index in [4.69, 9.17) is 0 Å². The smallest absolute Gasteiger partial charge is 0.166 e. The van der Waals surface area contributed by atoms with Crippen LogP contribution >= 0.6 is 15.9 Å². The maximum atomic E-state index is 12.3. The molecule has 0 atom stereocenters. The molecule has 0 heterocycles. The van der Waals surface area contributed by atoms with E-state index in [1.807, 2.05) is 6.92 Å². The zero-order valence-electron chi connectivity index (χ0n) is 8.03. The van der Waals surface area contributed by atoms with Gasteiger partial charge in [0.25, 0.3) is 0 Å². The molecule has 0 bridgehead atoms. The second-order valence-electron chi connectivity index (χ2n) is 2.69. The molecule has 80 valence electrons. The highest BCUT2D eigenvalue weighted by Gasteiger charge is 2.31. The minimum Gasteiger partial charge on any atom is -0.166 e. The van der Waals surface area contributed by atoms with E-state index in [2.05, 4.69) is 15.9 Å². The first kappa shape index (κ1) is 13.5. The van der Waals surface area contributed by atoms with Crippen molar-refractivity contribution >= 4 is 15.9 Å². The van der Waals surface area contributed by atoms with Gasteiger partial charge in [0.1, 0.15) is 0 Å². The minimum absolute atomic E-state index is 0.450. The molecule has 4 heteroatoms. The molecule has 0 N–H and O–H groups in total. The normalized spacial score (nSPS) is 15.3. The molecule has 14 heavy (non-hydrogen) atoms. The maximum Gasteiger partial charge on any atom is 0.416 e. The second-order valence-corrected chi connectivity index (χ2v) is 3.94. The number of hydrogen-bond acceptors (Lipinski definition) is 0. The third kappa shape index (κ3) is 6.02. The molecule has 0 aliphatic carbocycles. The first-order valence-corrected chi connectivity index (χ1v) is 4.95. The van der Waals surface area contributed by atoms with Gasteiger partial charge in [-0.25, -0.2) is 0 Å². The molecule has 0 aromatic carbocycles. The summed E-state index contributed by atoms with van der Waals surface area (Å²) in [6.07, 6.45) is 1.62. The van der Waals surface area contributed by atoms with Crippen molar-refractivity contribution in [3.8, 4) is 0 Å². The lowest BCUT2D eigenvalue weighted by Gasteiger charge is -2.06. The Balaban J connectivity index is 4.83. The minimum atomic E-state index is -4.30. The van der Waals surface area contributed by atoms with Crippen molar-refractivity contribution in [2.75, 3.05) is 0 Å². The van der Waals surface area contributed by atoms with Gasteiger partial charge in [0.2, 0.25) is 0 Å². The van der Waals surface area contributed by atoms with Crippen LogP contribution in [0, 0.1) is 0 Å². The summed E-state index contributed by atoms with van der Waals surface area (Å²) >= 11 is 2.97. The number of rotatable bonds is 3. The molecule has 0 unspecified atom stereocenters. The van der Waals surface area contributed by atoms with Crippen molar-refractivity contribution in [3.05, 3.63) is 34.4 Å². The van der Waals surface area contributed by atoms with Crippen molar-refractivity contribution in [1.29, 1.82) is 0 Å². The van der Waals surface area contributed by atoms with Gasteiger partial charge >= 0.3 is 6.18 Å². The zero-order valence-corrected chi connectivity index (χ0v) is 9.61. The summed E-state index contributed by atoms with van der Waals surface area (Å²) in [7, 11) is 0. The van der Waals surface area contributed by atoms with Crippen LogP contribution in [-0.2, 0) is 0 Å². The average Bonchev–Trinajstić information content (AvgIpc) is 2.00. The summed E-state index contributed by atoms with van der Waals surface area (Å²) in [5.74, 6) is 0. The van der Waals surface area contributed by atoms with Crippen LogP contribution in [0.5, 0.6) is 0 Å². The van der Waals surface area contributed by atoms with Gasteiger partial charge in [-0.05, 0) is 23.9 Å². The van der Waals surface area contributed by atoms with Gasteiger partial charge in [-0.3, -0.25) is 0 Å². The Morgan fingerprint density at radius 1 is 1.36 bits per heavy atom. The fourth-order valence-corrected chi connectivity index (χ4v) is 0.993. The first-order valence-electron chi connectivity index (χ1n) is 4.15. The monoisotopic (exact) mass is 268 g/mol. The van der Waals surface area contributed by atoms with Crippen LogP contribution < -0.4 is 0 Å². The molecular formula is C10H12BrF3. The largest absolute Gasteiger partial charge is 0.416 e. The Morgan fingerprint density at radius 3 is 2.29 bits per heavy atom. The summed E-state index contributed by atoms with van der Waals surface area (Å²) in [6.45, 7) is 3.42. The fourth-order valence-electron chi connectivity index (χ4n) is 0.747. The third-order valence-electron chi connectivity index (χ3n) is 1.33. The molecule has 0 radical (unpaired) electrons. The van der Waals surface area contributed by atoms with Crippen LogP contribution in [0.3, 0.4) is 0 Å². The topological polar surface area (TPSA) is 0 Å². The lowest BCUT2D eigenvalue weighted by atomic mass is 10.2. The van der Waals surface area contributed by atoms with Gasteiger partial charge in [-0.1, -0.05) is 41.1 Å². The summed E-state index contributed by atoms with van der Waals surface area (Å²) in [5, 5.41) is 0. The summed E-state index contributed by atoms with van der Waals surface area (Å²) < 4.78 is 37.5. The molecule has 0 fully saturated rings. The zero-order chi connectivity index (χ0) is 11.2. The van der Waals surface area contributed by atoms with Crippen molar-refractivity contribution in [1.82, 2.24) is 0 Å². The van der Waals surface area contributed by atoms with E-state index in [-0.39, 0.29) is 0 Å². The summed E-state index contributed by atoms with van der Waals surface area (Å²) in [5.41, 5.74) is -0.656. The highest BCUT2D eigenvalue weighted by atomic mass is 79.9.